The van der Waals surface area contributed by atoms with Crippen molar-refractivity contribution in [2.45, 2.75) is 31.0 Å². The van der Waals surface area contributed by atoms with Crippen molar-refractivity contribution >= 4 is 17.6 Å². The lowest BCUT2D eigenvalue weighted by Gasteiger charge is -2.54. The Bertz CT molecular complexity index is 708. The summed E-state index contributed by atoms with van der Waals surface area (Å²) in [7, 11) is 0. The Morgan fingerprint density at radius 1 is 1.24 bits per heavy atom. The van der Waals surface area contributed by atoms with E-state index in [1.54, 1.807) is 0 Å². The molecule has 1 amide bonds. The van der Waals surface area contributed by atoms with E-state index in [-0.39, 0.29) is 23.9 Å². The molecule has 25 heavy (non-hydrogen) atoms. The van der Waals surface area contributed by atoms with E-state index in [4.69, 9.17) is 10.1 Å². The summed E-state index contributed by atoms with van der Waals surface area (Å²) in [6.45, 7) is 2.53. The van der Waals surface area contributed by atoms with E-state index in [0.29, 0.717) is 6.54 Å². The number of hydrogen-bond donors (Lipinski definition) is 1. The van der Waals surface area contributed by atoms with Crippen LogP contribution in [0.4, 0.5) is 23.7 Å². The standard InChI is InChI=1S/C17H18F3N3O2/c18-17(19,20)12-2-1-3-13(8-12)23-14(21)9-16(25-15(23)24)10-22-6-4-11(16)5-7-22/h1-3,8,11,21H,4-7,9-10H2. The molecular weight excluding hydrogens is 335 g/mol. The van der Waals surface area contributed by atoms with Crippen LogP contribution in [-0.4, -0.2) is 42.1 Å². The summed E-state index contributed by atoms with van der Waals surface area (Å²) in [6, 6.07) is 4.44. The molecule has 4 aliphatic heterocycles. The normalized spacial score (nSPS) is 32.2. The van der Waals surface area contributed by atoms with Crippen molar-refractivity contribution in [2.24, 2.45) is 5.92 Å². The van der Waals surface area contributed by atoms with Crippen LogP contribution in [0.25, 0.3) is 0 Å². The molecule has 4 fully saturated rings. The number of halogens is 3. The molecule has 1 spiro atoms. The largest absolute Gasteiger partial charge is 0.440 e. The molecule has 2 bridgehead atoms. The van der Waals surface area contributed by atoms with Crippen LogP contribution >= 0.6 is 0 Å². The van der Waals surface area contributed by atoms with E-state index in [9.17, 15) is 18.0 Å². The SMILES string of the molecule is N=C1CC2(CN3CCC2CC3)OC(=O)N1c1cccc(C(F)(F)F)c1. The molecule has 8 heteroatoms. The fourth-order valence-corrected chi connectivity index (χ4v) is 4.25. The molecule has 5 nitrogen and oxygen atoms in total. The van der Waals surface area contributed by atoms with Crippen LogP contribution in [0.15, 0.2) is 24.3 Å². The molecule has 5 rings (SSSR count). The summed E-state index contributed by atoms with van der Waals surface area (Å²) in [6.07, 6.45) is -3.19. The minimum absolute atomic E-state index is 0.00988. The van der Waals surface area contributed by atoms with Crippen molar-refractivity contribution in [3.63, 3.8) is 0 Å². The summed E-state index contributed by atoms with van der Waals surface area (Å²) in [5.74, 6) is 0.204. The van der Waals surface area contributed by atoms with E-state index < -0.39 is 23.4 Å². The Hall–Kier alpha value is -2.09. The van der Waals surface area contributed by atoms with Crippen molar-refractivity contribution in [3.8, 4) is 0 Å². The summed E-state index contributed by atoms with van der Waals surface area (Å²) < 4.78 is 44.5. The molecular formula is C17H18F3N3O2. The molecule has 0 radical (unpaired) electrons. The van der Waals surface area contributed by atoms with Gasteiger partial charge < -0.3 is 4.74 Å². The number of ether oxygens (including phenoxy) is 1. The van der Waals surface area contributed by atoms with Crippen LogP contribution in [-0.2, 0) is 10.9 Å². The summed E-state index contributed by atoms with van der Waals surface area (Å²) in [4.78, 5) is 15.7. The first-order chi connectivity index (χ1) is 11.8. The van der Waals surface area contributed by atoms with Crippen molar-refractivity contribution in [1.29, 1.82) is 5.41 Å². The third kappa shape index (κ3) is 2.68. The molecule has 4 saturated heterocycles. The molecule has 1 atom stereocenters. The second kappa shape index (κ2) is 5.45. The van der Waals surface area contributed by atoms with Gasteiger partial charge in [-0.05, 0) is 44.1 Å². The number of amidine groups is 1. The maximum absolute atomic E-state index is 12.9. The van der Waals surface area contributed by atoms with Crippen LogP contribution in [0.1, 0.15) is 24.8 Å². The fraction of sp³-hybridized carbons (Fsp3) is 0.529. The molecule has 0 aromatic heterocycles. The Balaban J connectivity index is 1.62. The zero-order chi connectivity index (χ0) is 17.8. The zero-order valence-corrected chi connectivity index (χ0v) is 13.5. The predicted octanol–water partition coefficient (Wildman–Crippen LogP) is 3.49. The van der Waals surface area contributed by atoms with Crippen molar-refractivity contribution in [3.05, 3.63) is 29.8 Å². The number of nitrogens with one attached hydrogen (secondary N) is 1. The maximum Gasteiger partial charge on any atom is 0.420 e. The van der Waals surface area contributed by atoms with Crippen LogP contribution < -0.4 is 4.90 Å². The predicted molar refractivity (Wildman–Crippen MR) is 84.6 cm³/mol. The van der Waals surface area contributed by atoms with Crippen LogP contribution in [0.3, 0.4) is 0 Å². The van der Waals surface area contributed by atoms with Crippen molar-refractivity contribution in [2.75, 3.05) is 24.5 Å². The number of anilines is 1. The number of carbonyl (C=O) groups is 1. The van der Waals surface area contributed by atoms with Gasteiger partial charge in [0.25, 0.3) is 0 Å². The average molecular weight is 353 g/mol. The molecule has 4 heterocycles. The minimum atomic E-state index is -4.51. The molecule has 1 N–H and O–H groups in total. The van der Waals surface area contributed by atoms with Gasteiger partial charge in [0.15, 0.2) is 0 Å². The van der Waals surface area contributed by atoms with E-state index in [0.717, 1.165) is 43.0 Å². The van der Waals surface area contributed by atoms with Gasteiger partial charge in [0.05, 0.1) is 11.3 Å². The van der Waals surface area contributed by atoms with Gasteiger partial charge >= 0.3 is 12.3 Å². The van der Waals surface area contributed by atoms with Crippen LogP contribution in [0.2, 0.25) is 0 Å². The molecule has 1 aromatic rings. The van der Waals surface area contributed by atoms with Gasteiger partial charge in [0, 0.05) is 18.9 Å². The van der Waals surface area contributed by atoms with E-state index in [1.807, 2.05) is 0 Å². The van der Waals surface area contributed by atoms with E-state index >= 15 is 0 Å². The first kappa shape index (κ1) is 16.4. The molecule has 1 aromatic carbocycles. The molecule has 4 aliphatic rings. The number of rotatable bonds is 1. The number of alkyl halides is 3. The fourth-order valence-electron chi connectivity index (χ4n) is 4.25. The van der Waals surface area contributed by atoms with Gasteiger partial charge in [0.2, 0.25) is 0 Å². The highest BCUT2D eigenvalue weighted by molar-refractivity contribution is 6.15. The van der Waals surface area contributed by atoms with Gasteiger partial charge in [-0.3, -0.25) is 10.3 Å². The number of benzene rings is 1. The molecule has 134 valence electrons. The monoisotopic (exact) mass is 353 g/mol. The third-order valence-corrected chi connectivity index (χ3v) is 5.46. The summed E-state index contributed by atoms with van der Waals surface area (Å²) >= 11 is 0. The third-order valence-electron chi connectivity index (χ3n) is 5.46. The number of piperidine rings is 3. The van der Waals surface area contributed by atoms with Gasteiger partial charge in [-0.1, -0.05) is 6.07 Å². The van der Waals surface area contributed by atoms with Crippen molar-refractivity contribution in [1.82, 2.24) is 4.90 Å². The smallest absolute Gasteiger partial charge is 0.420 e. The number of nitrogens with zero attached hydrogens (tertiary/aromatic N) is 2. The zero-order valence-electron chi connectivity index (χ0n) is 13.5. The Morgan fingerprint density at radius 2 is 1.96 bits per heavy atom. The second-order valence-electron chi connectivity index (χ2n) is 6.99. The van der Waals surface area contributed by atoms with Gasteiger partial charge in [0.1, 0.15) is 11.4 Å². The number of amides is 1. The lowest BCUT2D eigenvalue weighted by atomic mass is 9.72. The van der Waals surface area contributed by atoms with Gasteiger partial charge in [-0.25, -0.2) is 9.69 Å². The Kier molecular flexibility index (Phi) is 3.57. The van der Waals surface area contributed by atoms with Crippen LogP contribution in [0, 0.1) is 11.3 Å². The average Bonchev–Trinajstić information content (AvgIpc) is 2.54. The number of carbonyl (C=O) groups excluding carboxylic acids is 1. The molecule has 0 aliphatic carbocycles. The molecule has 1 unspecified atom stereocenters. The first-order valence-electron chi connectivity index (χ1n) is 8.29. The van der Waals surface area contributed by atoms with E-state index in [2.05, 4.69) is 4.90 Å². The maximum atomic E-state index is 12.9. The highest BCUT2D eigenvalue weighted by Gasteiger charge is 2.54. The summed E-state index contributed by atoms with van der Waals surface area (Å²) in [5.41, 5.74) is -1.54. The Labute approximate surface area is 142 Å². The van der Waals surface area contributed by atoms with Crippen LogP contribution in [0.5, 0.6) is 0 Å². The highest BCUT2D eigenvalue weighted by atomic mass is 19.4. The van der Waals surface area contributed by atoms with Crippen molar-refractivity contribution < 1.29 is 22.7 Å². The topological polar surface area (TPSA) is 56.6 Å². The summed E-state index contributed by atoms with van der Waals surface area (Å²) in [5, 5.41) is 8.31. The second-order valence-corrected chi connectivity index (χ2v) is 6.99. The lowest BCUT2D eigenvalue weighted by molar-refractivity contribution is -0.137. The lowest BCUT2D eigenvalue weighted by Crippen LogP contribution is -2.66. The quantitative estimate of drug-likeness (QED) is 0.841. The molecule has 0 saturated carbocycles. The van der Waals surface area contributed by atoms with E-state index in [1.165, 1.54) is 12.1 Å². The minimum Gasteiger partial charge on any atom is -0.440 e. The highest BCUT2D eigenvalue weighted by Crippen LogP contribution is 2.44. The van der Waals surface area contributed by atoms with Gasteiger partial charge in [-0.2, -0.15) is 13.2 Å². The number of hydrogen-bond acceptors (Lipinski definition) is 4. The number of fused-ring (bicyclic) bond motifs is 2. The van der Waals surface area contributed by atoms with Gasteiger partial charge in [-0.15, -0.1) is 0 Å². The first-order valence-corrected chi connectivity index (χ1v) is 8.29. The Morgan fingerprint density at radius 3 is 2.52 bits per heavy atom.